The van der Waals surface area contributed by atoms with Crippen molar-refractivity contribution in [1.82, 2.24) is 35.2 Å². The molecular weight excluding hydrogens is 914 g/mol. The normalized spacial score (nSPS) is 20.7. The Morgan fingerprint density at radius 1 is 1.01 bits per heavy atom. The molecule has 6 heterocycles. The molecule has 0 radical (unpaired) electrons. The summed E-state index contributed by atoms with van der Waals surface area (Å²) in [6.45, 7) is 8.06. The third-order valence-corrected chi connectivity index (χ3v) is 12.7. The van der Waals surface area contributed by atoms with Crippen molar-refractivity contribution in [2.45, 2.75) is 110 Å². The molecule has 3 aliphatic rings. The van der Waals surface area contributed by atoms with Crippen molar-refractivity contribution in [3.63, 3.8) is 0 Å². The van der Waals surface area contributed by atoms with Crippen LogP contribution in [0.2, 0.25) is 0 Å². The molecule has 2 amide bonds. The predicted molar refractivity (Wildman–Crippen MR) is 236 cm³/mol. The van der Waals surface area contributed by atoms with Crippen molar-refractivity contribution >= 4 is 45.9 Å². The van der Waals surface area contributed by atoms with Gasteiger partial charge in [0.05, 0.1) is 58.7 Å². The lowest BCUT2D eigenvalue weighted by molar-refractivity contribution is -0.155. The van der Waals surface area contributed by atoms with E-state index in [9.17, 15) is 40.7 Å². The Morgan fingerprint density at radius 2 is 1.72 bits per heavy atom. The molecule has 1 aromatic carbocycles. The number of hydrazine groups is 1. The number of ether oxygens (including phenoxy) is 3. The first-order chi connectivity index (χ1) is 31.3. The van der Waals surface area contributed by atoms with Crippen LogP contribution in [0.25, 0.3) is 33.4 Å². The summed E-state index contributed by atoms with van der Waals surface area (Å²) in [5.41, 5.74) is 2.39. The fourth-order valence-corrected chi connectivity index (χ4v) is 9.54. The van der Waals surface area contributed by atoms with E-state index in [2.05, 4.69) is 15.7 Å². The van der Waals surface area contributed by atoms with Crippen LogP contribution in [0.1, 0.15) is 76.8 Å². The average Bonchev–Trinajstić information content (AvgIpc) is 3.80. The lowest BCUT2D eigenvalue weighted by atomic mass is 9.84. The lowest BCUT2D eigenvalue weighted by Crippen LogP contribution is -2.60. The largest absolute Gasteiger partial charge is 0.464 e. The molecule has 0 aliphatic carbocycles. The number of fused-ring (bicyclic) bond motifs is 6. The van der Waals surface area contributed by atoms with Crippen LogP contribution in [0.5, 0.6) is 0 Å². The first-order valence-electron chi connectivity index (χ1n) is 21.9. The van der Waals surface area contributed by atoms with Gasteiger partial charge in [-0.15, -0.1) is 11.3 Å². The topological polar surface area (TPSA) is 143 Å². The highest BCUT2D eigenvalue weighted by atomic mass is 32.1. The number of hydrogen-bond acceptors (Lipinski definition) is 12. The monoisotopic (exact) mass is 968 g/mol. The van der Waals surface area contributed by atoms with Crippen molar-refractivity contribution in [3.05, 3.63) is 51.9 Å². The van der Waals surface area contributed by atoms with Gasteiger partial charge in [0.15, 0.2) is 0 Å². The zero-order chi connectivity index (χ0) is 48.8. The molecule has 67 heavy (non-hydrogen) atoms. The van der Waals surface area contributed by atoms with Crippen LogP contribution in [0.3, 0.4) is 0 Å². The number of anilines is 1. The number of cyclic esters (lactones) is 1. The van der Waals surface area contributed by atoms with Gasteiger partial charge in [0.2, 0.25) is 0 Å². The van der Waals surface area contributed by atoms with E-state index in [0.29, 0.717) is 29.1 Å². The summed E-state index contributed by atoms with van der Waals surface area (Å²) in [5.74, 6) is -2.15. The van der Waals surface area contributed by atoms with Gasteiger partial charge in [0, 0.05) is 73.6 Å². The van der Waals surface area contributed by atoms with Crippen LogP contribution in [0.4, 0.5) is 41.2 Å². The number of nitrogens with zero attached hydrogens (tertiary/aromatic N) is 6. The fraction of sp³-hybridized carbons (Fsp3) is 0.578. The summed E-state index contributed by atoms with van der Waals surface area (Å²) >= 11 is 1.08. The third kappa shape index (κ3) is 12.0. The lowest BCUT2D eigenvalue weighted by Gasteiger charge is -2.36. The molecule has 3 atom stereocenters. The number of carbonyl (C=O) groups excluding carboxylic acids is 3. The summed E-state index contributed by atoms with van der Waals surface area (Å²) in [7, 11) is 1.42. The molecule has 0 unspecified atom stereocenters. The van der Waals surface area contributed by atoms with Crippen molar-refractivity contribution in [2.24, 2.45) is 5.41 Å². The molecular formula is C45H55F7N8O6S. The number of benzene rings is 1. The summed E-state index contributed by atoms with van der Waals surface area (Å²) in [4.78, 5) is 53.4. The minimum absolute atomic E-state index is 0.00771. The number of nitrogens with one attached hydrogen (secondary N) is 2. The number of methoxy groups -OCH3 is 1. The Kier molecular flexibility index (Phi) is 14.2. The summed E-state index contributed by atoms with van der Waals surface area (Å²) < 4.78 is 119. The highest BCUT2D eigenvalue weighted by Crippen LogP contribution is 2.45. The summed E-state index contributed by atoms with van der Waals surface area (Å²) in [5, 5.41) is 5.99. The molecule has 2 N–H and O–H groups in total. The number of halogens is 7. The predicted octanol–water partition coefficient (Wildman–Crippen LogP) is 7.98. The molecule has 3 aromatic heterocycles. The second-order valence-electron chi connectivity index (χ2n) is 19.1. The van der Waals surface area contributed by atoms with Gasteiger partial charge < -0.3 is 29.0 Å². The fourth-order valence-electron chi connectivity index (χ4n) is 8.70. The van der Waals surface area contributed by atoms with E-state index < -0.39 is 78.4 Å². The zero-order valence-electron chi connectivity index (χ0n) is 38.3. The van der Waals surface area contributed by atoms with Crippen molar-refractivity contribution in [2.75, 3.05) is 57.9 Å². The molecule has 2 fully saturated rings. The van der Waals surface area contributed by atoms with Gasteiger partial charge in [-0.05, 0) is 70.7 Å². The Bertz CT molecular complexity index is 2480. The number of piperazine rings is 1. The highest BCUT2D eigenvalue weighted by Gasteiger charge is 2.39. The van der Waals surface area contributed by atoms with Crippen LogP contribution in [0.15, 0.2) is 29.8 Å². The zero-order valence-corrected chi connectivity index (χ0v) is 39.1. The number of esters is 1. The van der Waals surface area contributed by atoms with Crippen LogP contribution < -0.4 is 15.6 Å². The van der Waals surface area contributed by atoms with Gasteiger partial charge >= 0.3 is 24.4 Å². The van der Waals surface area contributed by atoms with E-state index in [-0.39, 0.29) is 91.3 Å². The number of thiazole rings is 1. The summed E-state index contributed by atoms with van der Waals surface area (Å²) in [6.07, 6.45) is -8.79. The van der Waals surface area contributed by atoms with Gasteiger partial charge in [0.1, 0.15) is 30.0 Å². The van der Waals surface area contributed by atoms with Gasteiger partial charge in [-0.2, -0.15) is 26.3 Å². The maximum Gasteiger partial charge on any atom is 0.408 e. The molecule has 4 aromatic rings. The third-order valence-electron chi connectivity index (χ3n) is 11.8. The maximum atomic E-state index is 16.7. The molecule has 2 saturated heterocycles. The van der Waals surface area contributed by atoms with E-state index in [1.807, 2.05) is 4.90 Å². The number of amides is 2. The standard InChI is InChI=1S/C45H55F7N8O6S/c1-25(64-7)37-29(15-26(20-53-37)58-13-11-57(12-14-58)22-44(47,48)49)38-30-19-43(5,6)24-65-40(62)32-9-8-10-60(56-32)39(61)33(55-41(63)66-42(2,3)4)18-36-54-34(21-67-36)28-16-27(30)35(17-31(28)46)59(38)23-45(50,51)52/h15-17,20-21,25,32-33,56H,8-14,18-19,22-24H2,1-7H3,(H,55,63)/t25-,32-,33-/m0/s1. The Labute approximate surface area is 387 Å². The van der Waals surface area contributed by atoms with Gasteiger partial charge in [-0.1, -0.05) is 13.8 Å². The maximum absolute atomic E-state index is 16.7. The quantitative estimate of drug-likeness (QED) is 0.138. The Morgan fingerprint density at radius 3 is 2.37 bits per heavy atom. The Hall–Kier alpha value is -5.06. The van der Waals surface area contributed by atoms with E-state index in [1.54, 1.807) is 53.0 Å². The molecule has 3 aliphatic heterocycles. The van der Waals surface area contributed by atoms with E-state index >= 15 is 4.39 Å². The molecule has 0 saturated carbocycles. The number of rotatable bonds is 7. The van der Waals surface area contributed by atoms with Crippen LogP contribution in [-0.2, 0) is 43.2 Å². The molecule has 14 nitrogen and oxygen atoms in total. The first-order valence-corrected chi connectivity index (χ1v) is 22.8. The molecule has 6 bridgehead atoms. The number of hydrogen-bond donors (Lipinski definition) is 2. The SMILES string of the molecule is CO[C@@H](C)c1ncc(N2CCN(CC(F)(F)F)CC2)cc1-c1c2c3cc(c(F)cc3n1CC(F)(F)F)-c1csc(n1)C[C@H](NC(=O)OC(C)(C)C)C(=O)N1CCC[C@H](N1)C(=O)OCC(C)(C)C2. The molecule has 0 spiro atoms. The minimum atomic E-state index is -4.82. The van der Waals surface area contributed by atoms with Crippen molar-refractivity contribution < 1.29 is 59.3 Å². The number of alkyl carbamates (subject to hydrolysis) is 1. The van der Waals surface area contributed by atoms with Gasteiger partial charge in [-0.25, -0.2) is 19.6 Å². The number of carbonyl (C=O) groups is 3. The van der Waals surface area contributed by atoms with E-state index in [1.165, 1.54) is 29.3 Å². The van der Waals surface area contributed by atoms with Crippen LogP contribution in [-0.4, -0.2) is 125 Å². The van der Waals surface area contributed by atoms with Gasteiger partial charge in [0.25, 0.3) is 5.91 Å². The smallest absolute Gasteiger partial charge is 0.408 e. The number of alkyl halides is 6. The first kappa shape index (κ1) is 49.8. The van der Waals surface area contributed by atoms with Crippen molar-refractivity contribution in [1.29, 1.82) is 0 Å². The van der Waals surface area contributed by atoms with Crippen LogP contribution in [0, 0.1) is 11.2 Å². The second kappa shape index (κ2) is 19.1. The molecule has 7 rings (SSSR count). The van der Waals surface area contributed by atoms with Gasteiger partial charge in [-0.3, -0.25) is 24.5 Å². The average molecular weight is 969 g/mol. The molecule has 366 valence electrons. The summed E-state index contributed by atoms with van der Waals surface area (Å²) in [6, 6.07) is 1.92. The van der Waals surface area contributed by atoms with E-state index in [4.69, 9.17) is 19.2 Å². The minimum Gasteiger partial charge on any atom is -0.464 e. The highest BCUT2D eigenvalue weighted by molar-refractivity contribution is 7.10. The van der Waals surface area contributed by atoms with Crippen molar-refractivity contribution in [3.8, 4) is 22.5 Å². The Balaban J connectivity index is 1.41. The van der Waals surface area contributed by atoms with E-state index in [0.717, 1.165) is 22.0 Å². The number of pyridine rings is 1. The second-order valence-corrected chi connectivity index (χ2v) is 20.0. The molecule has 22 heteroatoms. The van der Waals surface area contributed by atoms with Crippen LogP contribution >= 0.6 is 11.3 Å². The number of aromatic nitrogens is 3.